The average molecular weight is 231 g/mol. The van der Waals surface area contributed by atoms with Crippen LogP contribution in [0.5, 0.6) is 0 Å². The van der Waals surface area contributed by atoms with E-state index in [1.54, 1.807) is 12.5 Å². The standard InChI is InChI=1S/C13H17N3O/c1-10(2)8-14-9-11-5-6-15-13(16-11)12-4-3-7-17-12/h3-7,10,14H,8-9H2,1-2H3. The summed E-state index contributed by atoms with van der Waals surface area (Å²) in [6, 6.07) is 5.61. The smallest absolute Gasteiger partial charge is 0.195 e. The van der Waals surface area contributed by atoms with Crippen molar-refractivity contribution >= 4 is 0 Å². The van der Waals surface area contributed by atoms with E-state index in [1.807, 2.05) is 18.2 Å². The first-order chi connectivity index (χ1) is 8.25. The van der Waals surface area contributed by atoms with Gasteiger partial charge in [0.2, 0.25) is 0 Å². The van der Waals surface area contributed by atoms with E-state index < -0.39 is 0 Å². The monoisotopic (exact) mass is 231 g/mol. The Morgan fingerprint density at radius 3 is 2.94 bits per heavy atom. The van der Waals surface area contributed by atoms with E-state index in [-0.39, 0.29) is 0 Å². The molecule has 2 aromatic heterocycles. The molecule has 17 heavy (non-hydrogen) atoms. The normalized spacial score (nSPS) is 11.0. The van der Waals surface area contributed by atoms with Crippen LogP contribution >= 0.6 is 0 Å². The summed E-state index contributed by atoms with van der Waals surface area (Å²) in [6.07, 6.45) is 3.39. The second-order valence-electron chi connectivity index (χ2n) is 4.37. The number of furan rings is 1. The zero-order valence-corrected chi connectivity index (χ0v) is 10.2. The van der Waals surface area contributed by atoms with Gasteiger partial charge in [0.15, 0.2) is 11.6 Å². The molecule has 2 heterocycles. The summed E-state index contributed by atoms with van der Waals surface area (Å²) >= 11 is 0. The van der Waals surface area contributed by atoms with E-state index >= 15 is 0 Å². The highest BCUT2D eigenvalue weighted by molar-refractivity contribution is 5.45. The van der Waals surface area contributed by atoms with E-state index in [0.717, 1.165) is 18.8 Å². The number of hydrogen-bond donors (Lipinski definition) is 1. The Bertz CT molecular complexity index is 451. The van der Waals surface area contributed by atoms with Crippen molar-refractivity contribution in [1.82, 2.24) is 15.3 Å². The fourth-order valence-electron chi connectivity index (χ4n) is 1.51. The third kappa shape index (κ3) is 3.39. The van der Waals surface area contributed by atoms with Crippen LogP contribution in [0, 0.1) is 5.92 Å². The lowest BCUT2D eigenvalue weighted by atomic mass is 10.2. The predicted octanol–water partition coefficient (Wildman–Crippen LogP) is 2.48. The first kappa shape index (κ1) is 11.8. The molecule has 0 bridgehead atoms. The van der Waals surface area contributed by atoms with Gasteiger partial charge in [-0.25, -0.2) is 9.97 Å². The van der Waals surface area contributed by atoms with Gasteiger partial charge < -0.3 is 9.73 Å². The zero-order chi connectivity index (χ0) is 12.1. The Labute approximate surface area is 101 Å². The summed E-state index contributed by atoms with van der Waals surface area (Å²) in [5.74, 6) is 1.98. The van der Waals surface area contributed by atoms with Crippen molar-refractivity contribution in [2.45, 2.75) is 20.4 Å². The van der Waals surface area contributed by atoms with Crippen molar-refractivity contribution in [3.8, 4) is 11.6 Å². The summed E-state index contributed by atoms with van der Waals surface area (Å²) in [4.78, 5) is 8.64. The van der Waals surface area contributed by atoms with Gasteiger partial charge in [0.1, 0.15) is 0 Å². The molecule has 4 nitrogen and oxygen atoms in total. The topological polar surface area (TPSA) is 51.0 Å². The van der Waals surface area contributed by atoms with Crippen molar-refractivity contribution in [3.63, 3.8) is 0 Å². The van der Waals surface area contributed by atoms with Crippen LogP contribution in [0.15, 0.2) is 35.1 Å². The molecular formula is C13H17N3O. The van der Waals surface area contributed by atoms with Gasteiger partial charge >= 0.3 is 0 Å². The molecule has 0 radical (unpaired) electrons. The minimum Gasteiger partial charge on any atom is -0.461 e. The Hall–Kier alpha value is -1.68. The van der Waals surface area contributed by atoms with E-state index in [0.29, 0.717) is 17.5 Å². The molecule has 0 aromatic carbocycles. The lowest BCUT2D eigenvalue weighted by molar-refractivity contribution is 0.546. The first-order valence-electron chi connectivity index (χ1n) is 5.82. The zero-order valence-electron chi connectivity index (χ0n) is 10.2. The van der Waals surface area contributed by atoms with Crippen LogP contribution in [-0.4, -0.2) is 16.5 Å². The molecule has 4 heteroatoms. The molecule has 90 valence electrons. The average Bonchev–Trinajstić information content (AvgIpc) is 2.82. The summed E-state index contributed by atoms with van der Waals surface area (Å²) in [6.45, 7) is 6.11. The fourth-order valence-corrected chi connectivity index (χ4v) is 1.51. The minimum absolute atomic E-state index is 0.638. The molecular weight excluding hydrogens is 214 g/mol. The van der Waals surface area contributed by atoms with Gasteiger partial charge in [0, 0.05) is 12.7 Å². The van der Waals surface area contributed by atoms with Crippen LogP contribution in [-0.2, 0) is 6.54 Å². The maximum atomic E-state index is 5.27. The molecule has 0 atom stereocenters. The lowest BCUT2D eigenvalue weighted by Crippen LogP contribution is -2.19. The molecule has 0 spiro atoms. The first-order valence-corrected chi connectivity index (χ1v) is 5.82. The highest BCUT2D eigenvalue weighted by atomic mass is 16.3. The molecule has 0 aliphatic heterocycles. The van der Waals surface area contributed by atoms with Crippen molar-refractivity contribution in [2.24, 2.45) is 5.92 Å². The Morgan fingerprint density at radius 2 is 2.24 bits per heavy atom. The van der Waals surface area contributed by atoms with Crippen LogP contribution in [0.2, 0.25) is 0 Å². The van der Waals surface area contributed by atoms with E-state index in [2.05, 4.69) is 29.1 Å². The fraction of sp³-hybridized carbons (Fsp3) is 0.385. The molecule has 1 N–H and O–H groups in total. The number of aromatic nitrogens is 2. The summed E-state index contributed by atoms with van der Waals surface area (Å²) in [5.41, 5.74) is 0.979. The van der Waals surface area contributed by atoms with E-state index in [9.17, 15) is 0 Å². The maximum Gasteiger partial charge on any atom is 0.195 e. The second kappa shape index (κ2) is 5.59. The van der Waals surface area contributed by atoms with E-state index in [4.69, 9.17) is 4.42 Å². The quantitative estimate of drug-likeness (QED) is 0.859. The molecule has 2 rings (SSSR count). The van der Waals surface area contributed by atoms with Gasteiger partial charge in [-0.15, -0.1) is 0 Å². The van der Waals surface area contributed by atoms with Gasteiger partial charge in [0.25, 0.3) is 0 Å². The minimum atomic E-state index is 0.638. The lowest BCUT2D eigenvalue weighted by Gasteiger charge is -2.07. The van der Waals surface area contributed by atoms with Gasteiger partial charge in [-0.2, -0.15) is 0 Å². The van der Waals surface area contributed by atoms with E-state index in [1.165, 1.54) is 0 Å². The van der Waals surface area contributed by atoms with Gasteiger partial charge in [-0.1, -0.05) is 13.8 Å². The molecule has 0 unspecified atom stereocenters. The number of rotatable bonds is 5. The largest absolute Gasteiger partial charge is 0.461 e. The van der Waals surface area contributed by atoms with Crippen molar-refractivity contribution in [3.05, 3.63) is 36.4 Å². The van der Waals surface area contributed by atoms with Gasteiger partial charge in [0.05, 0.1) is 12.0 Å². The Kier molecular flexibility index (Phi) is 3.88. The number of hydrogen-bond acceptors (Lipinski definition) is 4. The van der Waals surface area contributed by atoms with Crippen molar-refractivity contribution < 1.29 is 4.42 Å². The van der Waals surface area contributed by atoms with Crippen LogP contribution in [0.4, 0.5) is 0 Å². The molecule has 0 saturated carbocycles. The highest BCUT2D eigenvalue weighted by Crippen LogP contribution is 2.14. The summed E-state index contributed by atoms with van der Waals surface area (Å²) in [7, 11) is 0. The Balaban J connectivity index is 2.02. The second-order valence-corrected chi connectivity index (χ2v) is 4.37. The molecule has 0 fully saturated rings. The molecule has 0 aliphatic carbocycles. The third-order valence-electron chi connectivity index (χ3n) is 2.31. The number of nitrogens with zero attached hydrogens (tertiary/aromatic N) is 2. The summed E-state index contributed by atoms with van der Waals surface area (Å²) in [5, 5.41) is 3.35. The molecule has 0 amide bonds. The van der Waals surface area contributed by atoms with Crippen LogP contribution in [0.1, 0.15) is 19.5 Å². The summed E-state index contributed by atoms with van der Waals surface area (Å²) < 4.78 is 5.27. The van der Waals surface area contributed by atoms with Crippen molar-refractivity contribution in [1.29, 1.82) is 0 Å². The maximum absolute atomic E-state index is 5.27. The third-order valence-corrected chi connectivity index (χ3v) is 2.31. The Morgan fingerprint density at radius 1 is 1.35 bits per heavy atom. The molecule has 0 saturated heterocycles. The number of nitrogens with one attached hydrogen (secondary N) is 1. The van der Waals surface area contributed by atoms with Crippen LogP contribution in [0.3, 0.4) is 0 Å². The molecule has 2 aromatic rings. The van der Waals surface area contributed by atoms with Crippen LogP contribution in [0.25, 0.3) is 11.6 Å². The van der Waals surface area contributed by atoms with Crippen LogP contribution < -0.4 is 5.32 Å². The molecule has 0 aliphatic rings. The SMILES string of the molecule is CC(C)CNCc1ccnc(-c2ccco2)n1. The van der Waals surface area contributed by atoms with Gasteiger partial charge in [-0.05, 0) is 30.7 Å². The highest BCUT2D eigenvalue weighted by Gasteiger charge is 2.04. The van der Waals surface area contributed by atoms with Crippen molar-refractivity contribution in [2.75, 3.05) is 6.54 Å². The predicted molar refractivity (Wildman–Crippen MR) is 66.3 cm³/mol. The van der Waals surface area contributed by atoms with Gasteiger partial charge in [-0.3, -0.25) is 0 Å².